The van der Waals surface area contributed by atoms with E-state index in [1.807, 2.05) is 0 Å². The molecule has 4 N–H and O–H groups in total. The monoisotopic (exact) mass is 660 g/mol. The summed E-state index contributed by atoms with van der Waals surface area (Å²) in [6.07, 6.45) is -8.20. The van der Waals surface area contributed by atoms with Crippen LogP contribution in [0.2, 0.25) is 0 Å². The van der Waals surface area contributed by atoms with Crippen LogP contribution in [0.25, 0.3) is 0 Å². The zero-order chi connectivity index (χ0) is 33.7. The van der Waals surface area contributed by atoms with Crippen LogP contribution >= 0.6 is 0 Å². The molecule has 46 heavy (non-hydrogen) atoms. The van der Waals surface area contributed by atoms with Crippen molar-refractivity contribution in [2.24, 2.45) is 0 Å². The molecule has 258 valence electrons. The van der Waals surface area contributed by atoms with Gasteiger partial charge in [0.2, 0.25) is 0 Å². The van der Waals surface area contributed by atoms with Crippen molar-refractivity contribution in [1.29, 1.82) is 0 Å². The van der Waals surface area contributed by atoms with Gasteiger partial charge in [0.25, 0.3) is 0 Å². The van der Waals surface area contributed by atoms with Crippen molar-refractivity contribution in [2.45, 2.75) is 88.3 Å². The molecule has 1 aliphatic heterocycles. The summed E-state index contributed by atoms with van der Waals surface area (Å²) in [7, 11) is 0. The van der Waals surface area contributed by atoms with Crippen LogP contribution in [0.4, 0.5) is 0 Å². The lowest BCUT2D eigenvalue weighted by Crippen LogP contribution is -2.63. The highest BCUT2D eigenvalue weighted by Crippen LogP contribution is 2.32. The first-order valence-electron chi connectivity index (χ1n) is 14.6. The maximum absolute atomic E-state index is 12.9. The number of carboxylic acid groups (broad SMARTS) is 1. The maximum Gasteiger partial charge on any atom is 0.306 e. The lowest BCUT2D eigenvalue weighted by Gasteiger charge is -2.45. The van der Waals surface area contributed by atoms with Gasteiger partial charge in [0, 0.05) is 25.7 Å². The summed E-state index contributed by atoms with van der Waals surface area (Å²) in [4.78, 5) is 74.0. The van der Waals surface area contributed by atoms with Gasteiger partial charge < -0.3 is 28.8 Å². The quantitative estimate of drug-likeness (QED) is 0.0457. The molecular weight excluding hydrogens is 620 g/mol. The molecule has 1 saturated heterocycles. The van der Waals surface area contributed by atoms with E-state index in [4.69, 9.17) is 44.6 Å². The number of carbonyl (C=O) groups excluding carboxylic acids is 4. The van der Waals surface area contributed by atoms with Crippen molar-refractivity contribution in [3.8, 4) is 0 Å². The Morgan fingerprint density at radius 2 is 1.09 bits per heavy atom. The molecule has 0 aromatic heterocycles. The van der Waals surface area contributed by atoms with E-state index in [0.29, 0.717) is 5.56 Å². The maximum atomic E-state index is 12.9. The van der Waals surface area contributed by atoms with E-state index in [1.165, 1.54) is 0 Å². The highest BCUT2D eigenvalue weighted by Gasteiger charge is 2.52. The first kappa shape index (κ1) is 38.5. The molecule has 0 spiro atoms. The minimum atomic E-state index is -1.52. The largest absolute Gasteiger partial charge is 0.481 e. The molecule has 1 aliphatic rings. The summed E-state index contributed by atoms with van der Waals surface area (Å²) in [5.41, 5.74) is 0.712. The number of ether oxygens (including phenoxy) is 5. The summed E-state index contributed by atoms with van der Waals surface area (Å²) in [5, 5.41) is 34.8. The standard InChI is InChI=1S/C29H40O17/c30-22(31)12-13-26(35)45-27-20(17-19-7-2-1-3-8-19)43-21(18-39-23(32)9-4-14-40-36)28(44-24(33)10-5-15-41-37)29(27)46-25(34)11-6-16-42-38/h1-3,7-8,20-21,27-29,36-38H,4-6,9-18H2,(H,30,31). The molecule has 5 atom stereocenters. The molecule has 17 heteroatoms. The first-order valence-corrected chi connectivity index (χ1v) is 14.6. The van der Waals surface area contributed by atoms with E-state index in [1.54, 1.807) is 30.3 Å². The number of esters is 4. The molecule has 0 bridgehead atoms. The van der Waals surface area contributed by atoms with Crippen LogP contribution in [-0.4, -0.2) is 108 Å². The van der Waals surface area contributed by atoms with Gasteiger partial charge in [-0.15, -0.1) is 0 Å². The third-order valence-electron chi connectivity index (χ3n) is 6.61. The molecule has 0 aliphatic carbocycles. The van der Waals surface area contributed by atoms with Gasteiger partial charge in [0.1, 0.15) is 18.8 Å². The summed E-state index contributed by atoms with van der Waals surface area (Å²) < 4.78 is 28.6. The molecule has 0 radical (unpaired) electrons. The minimum Gasteiger partial charge on any atom is -0.481 e. The normalized spacial score (nSPS) is 20.8. The fourth-order valence-corrected chi connectivity index (χ4v) is 4.49. The Morgan fingerprint density at radius 1 is 0.609 bits per heavy atom. The van der Waals surface area contributed by atoms with Crippen LogP contribution in [0.1, 0.15) is 56.9 Å². The summed E-state index contributed by atoms with van der Waals surface area (Å²) >= 11 is 0. The molecule has 1 fully saturated rings. The second-order valence-electron chi connectivity index (χ2n) is 10.2. The van der Waals surface area contributed by atoms with Gasteiger partial charge in [0.15, 0.2) is 18.3 Å². The molecule has 0 saturated carbocycles. The van der Waals surface area contributed by atoms with Gasteiger partial charge in [-0.2, -0.15) is 0 Å². The predicted molar refractivity (Wildman–Crippen MR) is 150 cm³/mol. The number of aliphatic carboxylic acids is 1. The van der Waals surface area contributed by atoms with Crippen molar-refractivity contribution in [3.05, 3.63) is 35.9 Å². The van der Waals surface area contributed by atoms with E-state index in [-0.39, 0.29) is 64.8 Å². The Bertz CT molecular complexity index is 1080. The van der Waals surface area contributed by atoms with Gasteiger partial charge in [-0.05, 0) is 24.8 Å². The molecular formula is C29H40O17. The zero-order valence-corrected chi connectivity index (χ0v) is 25.1. The van der Waals surface area contributed by atoms with Gasteiger partial charge >= 0.3 is 29.8 Å². The third-order valence-corrected chi connectivity index (χ3v) is 6.61. The minimum absolute atomic E-state index is 0.0409. The predicted octanol–water partition coefficient (Wildman–Crippen LogP) is 1.95. The van der Waals surface area contributed by atoms with Crippen molar-refractivity contribution >= 4 is 29.8 Å². The number of hydrogen-bond acceptors (Lipinski definition) is 16. The number of rotatable bonds is 22. The van der Waals surface area contributed by atoms with Crippen molar-refractivity contribution in [2.75, 3.05) is 26.4 Å². The second-order valence-corrected chi connectivity index (χ2v) is 10.2. The Labute approximate surface area is 264 Å². The van der Waals surface area contributed by atoms with Crippen LogP contribution in [0.3, 0.4) is 0 Å². The van der Waals surface area contributed by atoms with Crippen LogP contribution < -0.4 is 0 Å². The molecule has 5 unspecified atom stereocenters. The lowest BCUT2D eigenvalue weighted by molar-refractivity contribution is -0.256. The molecule has 2 rings (SSSR count). The third kappa shape index (κ3) is 14.6. The molecule has 1 aromatic rings. The van der Waals surface area contributed by atoms with Crippen LogP contribution in [0.15, 0.2) is 30.3 Å². The summed E-state index contributed by atoms with van der Waals surface area (Å²) in [6.45, 7) is -1.00. The van der Waals surface area contributed by atoms with Crippen molar-refractivity contribution in [1.82, 2.24) is 0 Å². The average molecular weight is 661 g/mol. The lowest BCUT2D eigenvalue weighted by atomic mass is 9.90. The van der Waals surface area contributed by atoms with E-state index >= 15 is 0 Å². The van der Waals surface area contributed by atoms with E-state index in [9.17, 15) is 24.0 Å². The van der Waals surface area contributed by atoms with E-state index in [2.05, 4.69) is 14.7 Å². The van der Waals surface area contributed by atoms with Crippen LogP contribution in [0, 0.1) is 0 Å². The highest BCUT2D eigenvalue weighted by molar-refractivity contribution is 5.77. The molecule has 1 aromatic carbocycles. The smallest absolute Gasteiger partial charge is 0.306 e. The molecule has 0 amide bonds. The summed E-state index contributed by atoms with van der Waals surface area (Å²) in [6, 6.07) is 8.80. The van der Waals surface area contributed by atoms with Crippen molar-refractivity contribution in [3.63, 3.8) is 0 Å². The Morgan fingerprint density at radius 3 is 1.61 bits per heavy atom. The second kappa shape index (κ2) is 21.9. The van der Waals surface area contributed by atoms with Gasteiger partial charge in [-0.3, -0.25) is 39.7 Å². The molecule has 1 heterocycles. The zero-order valence-electron chi connectivity index (χ0n) is 25.1. The number of carboxylic acids is 1. The summed E-state index contributed by atoms with van der Waals surface area (Å²) in [5.74, 6) is -4.59. The van der Waals surface area contributed by atoms with Gasteiger partial charge in [0.05, 0.1) is 32.7 Å². The fourth-order valence-electron chi connectivity index (χ4n) is 4.49. The Hall–Kier alpha value is -3.71. The first-order chi connectivity index (χ1) is 22.2. The Kier molecular flexibility index (Phi) is 18.3. The van der Waals surface area contributed by atoms with Crippen LogP contribution in [0.5, 0.6) is 0 Å². The Balaban J connectivity index is 2.49. The SMILES string of the molecule is O=C(O)CCC(=O)OC1C(Cc2ccccc2)OC(COC(=O)CCCOO)C(OC(=O)CCCOO)C1OC(=O)CCCOO. The molecule has 17 nitrogen and oxygen atoms in total. The topological polar surface area (TPSA) is 240 Å². The number of benzene rings is 1. The van der Waals surface area contributed by atoms with Gasteiger partial charge in [-0.1, -0.05) is 30.3 Å². The van der Waals surface area contributed by atoms with Crippen LogP contribution in [-0.2, 0) is 68.7 Å². The highest BCUT2D eigenvalue weighted by atomic mass is 17.1. The fraction of sp³-hybridized carbons (Fsp3) is 0.621. The van der Waals surface area contributed by atoms with Crippen molar-refractivity contribution < 1.29 is 83.2 Å². The average Bonchev–Trinajstić information content (AvgIpc) is 3.02. The van der Waals surface area contributed by atoms with E-state index in [0.717, 1.165) is 0 Å². The number of hydrogen-bond donors (Lipinski definition) is 4. The van der Waals surface area contributed by atoms with E-state index < -0.39 is 79.8 Å². The van der Waals surface area contributed by atoms with Gasteiger partial charge in [-0.25, -0.2) is 14.7 Å². The number of carbonyl (C=O) groups is 5.